The summed E-state index contributed by atoms with van der Waals surface area (Å²) >= 11 is 3.50. The van der Waals surface area contributed by atoms with E-state index >= 15 is 0 Å². The Labute approximate surface area is 182 Å². The maximum Gasteiger partial charge on any atom is 0.256 e. The fraction of sp³-hybridized carbons (Fsp3) is 0.0833. The van der Waals surface area contributed by atoms with E-state index < -0.39 is 0 Å². The molecule has 0 aliphatic carbocycles. The number of nitrogens with one attached hydrogen (secondary N) is 1. The number of aromatic nitrogens is 1. The van der Waals surface area contributed by atoms with Gasteiger partial charge < -0.3 is 14.8 Å². The summed E-state index contributed by atoms with van der Waals surface area (Å²) < 4.78 is 11.6. The number of halogens is 1. The molecule has 0 saturated carbocycles. The fourth-order valence-electron chi connectivity index (χ4n) is 3.26. The predicted octanol–water partition coefficient (Wildman–Crippen LogP) is 5.93. The molecule has 1 heterocycles. The second-order valence-corrected chi connectivity index (χ2v) is 7.52. The maximum absolute atomic E-state index is 13.3. The van der Waals surface area contributed by atoms with Crippen molar-refractivity contribution >= 4 is 38.4 Å². The Hall–Kier alpha value is -3.38. The van der Waals surface area contributed by atoms with Gasteiger partial charge in [-0.3, -0.25) is 4.79 Å². The molecule has 0 fully saturated rings. The number of carbonyl (C=O) groups is 1. The molecular formula is C24H19BrN2O3. The lowest BCUT2D eigenvalue weighted by Gasteiger charge is -2.14. The lowest BCUT2D eigenvalue weighted by atomic mass is 10.0. The van der Waals surface area contributed by atoms with Gasteiger partial charge in [0, 0.05) is 21.5 Å². The summed E-state index contributed by atoms with van der Waals surface area (Å²) in [5, 5.41) is 3.73. The number of rotatable bonds is 5. The highest BCUT2D eigenvalue weighted by atomic mass is 79.9. The molecule has 0 aliphatic rings. The third-order valence-corrected chi connectivity index (χ3v) is 5.23. The minimum atomic E-state index is -0.253. The first kappa shape index (κ1) is 19.9. The molecule has 0 spiro atoms. The summed E-state index contributed by atoms with van der Waals surface area (Å²) in [5.41, 5.74) is 3.45. The first-order valence-corrected chi connectivity index (χ1v) is 10.1. The van der Waals surface area contributed by atoms with E-state index in [0.717, 1.165) is 26.6 Å². The molecule has 0 bridgehead atoms. The molecule has 150 valence electrons. The van der Waals surface area contributed by atoms with E-state index in [1.54, 1.807) is 32.4 Å². The van der Waals surface area contributed by atoms with Gasteiger partial charge in [-0.2, -0.15) is 0 Å². The van der Waals surface area contributed by atoms with Gasteiger partial charge in [-0.15, -0.1) is 0 Å². The van der Waals surface area contributed by atoms with Crippen LogP contribution < -0.4 is 14.8 Å². The number of benzene rings is 3. The third-order valence-electron chi connectivity index (χ3n) is 4.74. The number of carbonyl (C=O) groups excluding carboxylic acids is 1. The van der Waals surface area contributed by atoms with Crippen LogP contribution in [0.2, 0.25) is 0 Å². The van der Waals surface area contributed by atoms with Gasteiger partial charge in [0.15, 0.2) is 0 Å². The summed E-state index contributed by atoms with van der Waals surface area (Å²) in [7, 11) is 3.14. The van der Waals surface area contributed by atoms with Crippen LogP contribution >= 0.6 is 15.9 Å². The monoisotopic (exact) mass is 462 g/mol. The number of hydrogen-bond acceptors (Lipinski definition) is 4. The quantitative estimate of drug-likeness (QED) is 0.398. The zero-order chi connectivity index (χ0) is 21.1. The smallest absolute Gasteiger partial charge is 0.256 e. The molecule has 1 N–H and O–H groups in total. The normalized spacial score (nSPS) is 10.6. The highest BCUT2D eigenvalue weighted by molar-refractivity contribution is 9.10. The number of nitrogens with zero attached hydrogens (tertiary/aromatic N) is 1. The topological polar surface area (TPSA) is 60.5 Å². The molecule has 1 amide bonds. The van der Waals surface area contributed by atoms with E-state index in [1.165, 1.54) is 0 Å². The van der Waals surface area contributed by atoms with Gasteiger partial charge in [-0.05, 0) is 36.4 Å². The highest BCUT2D eigenvalue weighted by Gasteiger charge is 2.16. The molecule has 0 saturated heterocycles. The van der Waals surface area contributed by atoms with Crippen molar-refractivity contribution in [3.8, 4) is 22.8 Å². The third kappa shape index (κ3) is 4.00. The van der Waals surface area contributed by atoms with E-state index in [-0.39, 0.29) is 5.91 Å². The largest absolute Gasteiger partial charge is 0.497 e. The number of fused-ring (bicyclic) bond motifs is 1. The Kier molecular flexibility index (Phi) is 5.68. The van der Waals surface area contributed by atoms with Crippen LogP contribution in [0.25, 0.3) is 22.2 Å². The minimum absolute atomic E-state index is 0.253. The van der Waals surface area contributed by atoms with E-state index in [9.17, 15) is 4.79 Å². The van der Waals surface area contributed by atoms with Gasteiger partial charge in [-0.1, -0.05) is 46.3 Å². The van der Waals surface area contributed by atoms with Gasteiger partial charge in [-0.25, -0.2) is 4.98 Å². The van der Waals surface area contributed by atoms with Crippen molar-refractivity contribution in [2.24, 2.45) is 0 Å². The van der Waals surface area contributed by atoms with Crippen LogP contribution in [0, 0.1) is 0 Å². The number of methoxy groups -OCH3 is 2. The summed E-state index contributed by atoms with van der Waals surface area (Å²) in [6.07, 6.45) is 0. The van der Waals surface area contributed by atoms with Gasteiger partial charge in [0.2, 0.25) is 0 Å². The van der Waals surface area contributed by atoms with Crippen molar-refractivity contribution in [3.63, 3.8) is 0 Å². The van der Waals surface area contributed by atoms with Crippen molar-refractivity contribution in [1.82, 2.24) is 4.98 Å². The lowest BCUT2D eigenvalue weighted by molar-refractivity contribution is 0.102. The molecule has 0 unspecified atom stereocenters. The SMILES string of the molecule is COc1ccc(OC)c(NC(=O)c2cc(-c3cccc(Br)c3)nc3ccccc23)c1. The first-order valence-electron chi connectivity index (χ1n) is 9.28. The summed E-state index contributed by atoms with van der Waals surface area (Å²) in [4.78, 5) is 18.1. The molecule has 0 aliphatic heterocycles. The second-order valence-electron chi connectivity index (χ2n) is 6.60. The molecule has 30 heavy (non-hydrogen) atoms. The number of ether oxygens (including phenoxy) is 2. The van der Waals surface area contributed by atoms with Crippen molar-refractivity contribution in [2.75, 3.05) is 19.5 Å². The molecule has 6 heteroatoms. The average Bonchev–Trinajstić information content (AvgIpc) is 2.78. The number of amides is 1. The van der Waals surface area contributed by atoms with E-state index in [2.05, 4.69) is 21.2 Å². The van der Waals surface area contributed by atoms with E-state index in [1.807, 2.05) is 54.6 Å². The van der Waals surface area contributed by atoms with Crippen LogP contribution in [0.1, 0.15) is 10.4 Å². The van der Waals surface area contributed by atoms with Crippen molar-refractivity contribution in [2.45, 2.75) is 0 Å². The minimum Gasteiger partial charge on any atom is -0.497 e. The molecule has 4 aromatic rings. The van der Waals surface area contributed by atoms with Gasteiger partial charge in [0.1, 0.15) is 11.5 Å². The molecule has 4 rings (SSSR count). The number of para-hydroxylation sites is 1. The van der Waals surface area contributed by atoms with E-state index in [4.69, 9.17) is 14.5 Å². The number of hydrogen-bond donors (Lipinski definition) is 1. The van der Waals surface area contributed by atoms with Crippen molar-refractivity contribution in [3.05, 3.63) is 82.8 Å². The standard InChI is InChI=1S/C24H19BrN2O3/c1-29-17-10-11-23(30-2)22(13-17)27-24(28)19-14-21(15-6-5-7-16(25)12-15)26-20-9-4-3-8-18(19)20/h3-14H,1-2H3,(H,27,28). The van der Waals surface area contributed by atoms with Crippen LogP contribution in [-0.4, -0.2) is 25.1 Å². The van der Waals surface area contributed by atoms with Gasteiger partial charge in [0.25, 0.3) is 5.91 Å². The molecular weight excluding hydrogens is 444 g/mol. The molecule has 5 nitrogen and oxygen atoms in total. The Balaban J connectivity index is 1.81. The lowest BCUT2D eigenvalue weighted by Crippen LogP contribution is -2.14. The maximum atomic E-state index is 13.3. The van der Waals surface area contributed by atoms with Crippen molar-refractivity contribution in [1.29, 1.82) is 0 Å². The number of anilines is 1. The van der Waals surface area contributed by atoms with E-state index in [0.29, 0.717) is 22.7 Å². The van der Waals surface area contributed by atoms with Crippen LogP contribution in [0.5, 0.6) is 11.5 Å². The zero-order valence-electron chi connectivity index (χ0n) is 16.5. The Morgan fingerprint density at radius 3 is 2.53 bits per heavy atom. The van der Waals surface area contributed by atoms with Gasteiger partial charge >= 0.3 is 0 Å². The second kappa shape index (κ2) is 8.55. The van der Waals surface area contributed by atoms with Gasteiger partial charge in [0.05, 0.1) is 36.7 Å². The van der Waals surface area contributed by atoms with Crippen LogP contribution in [0.3, 0.4) is 0 Å². The Bertz CT molecular complexity index is 1240. The predicted molar refractivity (Wildman–Crippen MR) is 122 cm³/mol. The molecule has 0 radical (unpaired) electrons. The highest BCUT2D eigenvalue weighted by Crippen LogP contribution is 2.31. The summed E-state index contributed by atoms with van der Waals surface area (Å²) in [5.74, 6) is 0.923. The molecule has 3 aromatic carbocycles. The first-order chi connectivity index (χ1) is 14.6. The zero-order valence-corrected chi connectivity index (χ0v) is 18.1. The molecule has 1 aromatic heterocycles. The van der Waals surface area contributed by atoms with Crippen molar-refractivity contribution < 1.29 is 14.3 Å². The Morgan fingerprint density at radius 2 is 1.77 bits per heavy atom. The van der Waals surface area contributed by atoms with Crippen LogP contribution in [-0.2, 0) is 0 Å². The fourth-order valence-corrected chi connectivity index (χ4v) is 3.66. The van der Waals surface area contributed by atoms with Crippen LogP contribution in [0.4, 0.5) is 5.69 Å². The Morgan fingerprint density at radius 1 is 0.933 bits per heavy atom. The summed E-state index contributed by atoms with van der Waals surface area (Å²) in [6.45, 7) is 0. The number of pyridine rings is 1. The average molecular weight is 463 g/mol. The summed E-state index contributed by atoms with van der Waals surface area (Å²) in [6, 6.07) is 22.5. The van der Waals surface area contributed by atoms with Crippen LogP contribution in [0.15, 0.2) is 77.3 Å². The molecule has 0 atom stereocenters.